The Morgan fingerprint density at radius 1 is 1.40 bits per heavy atom. The van der Waals surface area contributed by atoms with Crippen molar-refractivity contribution in [2.24, 2.45) is 11.3 Å². The van der Waals surface area contributed by atoms with Crippen LogP contribution in [0.5, 0.6) is 0 Å². The Kier molecular flexibility index (Phi) is 7.72. The van der Waals surface area contributed by atoms with E-state index in [2.05, 4.69) is 15.3 Å². The van der Waals surface area contributed by atoms with Gasteiger partial charge in [0.05, 0.1) is 37.1 Å². The average Bonchev–Trinajstić information content (AvgIpc) is 3.36. The number of carboxylic acid groups (broad SMARTS) is 1. The zero-order valence-electron chi connectivity index (χ0n) is 16.8. The lowest BCUT2D eigenvalue weighted by atomic mass is 9.82. The molecular weight excluding hydrogens is 425 g/mol. The van der Waals surface area contributed by atoms with Gasteiger partial charge < -0.3 is 19.3 Å². The molecule has 4 rings (SSSR count). The number of thiazole rings is 1. The number of hydrogen-bond donors (Lipinski definition) is 1. The normalized spacial score (nSPS) is 27.5. The van der Waals surface area contributed by atoms with Crippen molar-refractivity contribution in [3.05, 3.63) is 16.1 Å². The standard InChI is InChI=1S/C17H26N2O3S.C2HF3O2/c1-13-18-15(9-23-13)8-22-12-17-10-19(6-14(17)7-21-11-17)16-2-4-20-5-3-16;3-2(4,5)1(6)7/h9,14,16H,2-8,10-12H2,1H3;(H,6,7)/t14-,17+;/m1./s1. The van der Waals surface area contributed by atoms with Crippen LogP contribution in [0.2, 0.25) is 0 Å². The fourth-order valence-corrected chi connectivity index (χ4v) is 4.84. The second kappa shape index (κ2) is 9.90. The van der Waals surface area contributed by atoms with Gasteiger partial charge in [-0.15, -0.1) is 11.3 Å². The van der Waals surface area contributed by atoms with E-state index in [1.54, 1.807) is 11.3 Å². The Hall–Kier alpha value is -1.27. The molecule has 7 nitrogen and oxygen atoms in total. The molecule has 0 amide bonds. The largest absolute Gasteiger partial charge is 0.490 e. The Labute approximate surface area is 177 Å². The number of carboxylic acids is 1. The number of likely N-dealkylation sites (tertiary alicyclic amines) is 1. The summed E-state index contributed by atoms with van der Waals surface area (Å²) in [6, 6.07) is 0.687. The summed E-state index contributed by atoms with van der Waals surface area (Å²) in [6.45, 7) is 9.26. The third-order valence-corrected chi connectivity index (χ3v) is 6.63. The van der Waals surface area contributed by atoms with Crippen molar-refractivity contribution in [2.75, 3.05) is 46.1 Å². The molecule has 3 saturated heterocycles. The van der Waals surface area contributed by atoms with E-state index in [-0.39, 0.29) is 5.41 Å². The third-order valence-electron chi connectivity index (χ3n) is 5.80. The highest BCUT2D eigenvalue weighted by Crippen LogP contribution is 2.43. The van der Waals surface area contributed by atoms with Gasteiger partial charge in [-0.05, 0) is 19.8 Å². The zero-order chi connectivity index (χ0) is 21.8. The molecule has 0 aliphatic carbocycles. The summed E-state index contributed by atoms with van der Waals surface area (Å²) in [4.78, 5) is 16.1. The summed E-state index contributed by atoms with van der Waals surface area (Å²) < 4.78 is 49.1. The van der Waals surface area contributed by atoms with Crippen molar-refractivity contribution in [2.45, 2.75) is 38.6 Å². The number of ether oxygens (including phenoxy) is 3. The Morgan fingerprint density at radius 2 is 2.10 bits per heavy atom. The van der Waals surface area contributed by atoms with Gasteiger partial charge in [-0.25, -0.2) is 9.78 Å². The number of aliphatic carboxylic acids is 1. The molecule has 1 N–H and O–H groups in total. The van der Waals surface area contributed by atoms with Crippen LogP contribution in [-0.4, -0.2) is 79.3 Å². The second-order valence-corrected chi connectivity index (χ2v) is 9.06. The molecule has 1 aromatic heterocycles. The molecule has 170 valence electrons. The van der Waals surface area contributed by atoms with Gasteiger partial charge in [-0.2, -0.15) is 13.2 Å². The van der Waals surface area contributed by atoms with E-state index in [0.717, 1.165) is 56.8 Å². The van der Waals surface area contributed by atoms with Gasteiger partial charge in [0.15, 0.2) is 0 Å². The first-order valence-electron chi connectivity index (χ1n) is 9.88. The fraction of sp³-hybridized carbons (Fsp3) is 0.789. The van der Waals surface area contributed by atoms with Crippen LogP contribution < -0.4 is 0 Å². The number of hydrogen-bond acceptors (Lipinski definition) is 7. The summed E-state index contributed by atoms with van der Waals surface area (Å²) in [5.41, 5.74) is 1.24. The van der Waals surface area contributed by atoms with Gasteiger partial charge in [-0.1, -0.05) is 0 Å². The maximum absolute atomic E-state index is 10.6. The van der Waals surface area contributed by atoms with E-state index in [0.29, 0.717) is 18.6 Å². The number of aromatic nitrogens is 1. The number of rotatable bonds is 5. The fourth-order valence-electron chi connectivity index (χ4n) is 4.24. The van der Waals surface area contributed by atoms with Gasteiger partial charge in [0.2, 0.25) is 0 Å². The molecule has 2 atom stereocenters. The number of fused-ring (bicyclic) bond motifs is 1. The van der Waals surface area contributed by atoms with Gasteiger partial charge in [0.1, 0.15) is 0 Å². The van der Waals surface area contributed by atoms with Crippen molar-refractivity contribution in [3.8, 4) is 0 Å². The topological polar surface area (TPSA) is 81.1 Å². The van der Waals surface area contributed by atoms with Crippen LogP contribution in [0.3, 0.4) is 0 Å². The molecule has 11 heteroatoms. The van der Waals surface area contributed by atoms with Crippen LogP contribution in [-0.2, 0) is 25.6 Å². The summed E-state index contributed by atoms with van der Waals surface area (Å²) in [5, 5.41) is 10.3. The van der Waals surface area contributed by atoms with E-state index >= 15 is 0 Å². The Balaban J connectivity index is 0.000000318. The number of carbonyl (C=O) groups is 1. The Morgan fingerprint density at radius 3 is 2.70 bits per heavy atom. The molecule has 0 unspecified atom stereocenters. The van der Waals surface area contributed by atoms with Crippen LogP contribution in [0, 0.1) is 18.3 Å². The van der Waals surface area contributed by atoms with Crippen molar-refractivity contribution in [1.82, 2.24) is 9.88 Å². The maximum atomic E-state index is 10.6. The van der Waals surface area contributed by atoms with Crippen molar-refractivity contribution in [3.63, 3.8) is 0 Å². The van der Waals surface area contributed by atoms with Crippen LogP contribution >= 0.6 is 11.3 Å². The highest BCUT2D eigenvalue weighted by molar-refractivity contribution is 7.09. The lowest BCUT2D eigenvalue weighted by molar-refractivity contribution is -0.192. The first-order chi connectivity index (χ1) is 14.2. The van der Waals surface area contributed by atoms with Gasteiger partial charge >= 0.3 is 12.1 Å². The molecular formula is C19H27F3N2O5S. The molecule has 0 saturated carbocycles. The van der Waals surface area contributed by atoms with Crippen LogP contribution in [0.15, 0.2) is 5.38 Å². The van der Waals surface area contributed by atoms with Gasteiger partial charge in [0.25, 0.3) is 0 Å². The van der Waals surface area contributed by atoms with E-state index < -0.39 is 12.1 Å². The number of halogens is 3. The van der Waals surface area contributed by atoms with Gasteiger partial charge in [-0.3, -0.25) is 4.90 Å². The number of aryl methyl sites for hydroxylation is 1. The summed E-state index contributed by atoms with van der Waals surface area (Å²) >= 11 is 1.69. The predicted octanol–water partition coefficient (Wildman–Crippen LogP) is 2.73. The minimum Gasteiger partial charge on any atom is -0.475 e. The maximum Gasteiger partial charge on any atom is 0.490 e. The molecule has 0 aromatic carbocycles. The van der Waals surface area contributed by atoms with Crippen molar-refractivity contribution < 1.29 is 37.3 Å². The molecule has 0 bridgehead atoms. The average molecular weight is 452 g/mol. The molecule has 1 aromatic rings. The van der Waals surface area contributed by atoms with Crippen molar-refractivity contribution >= 4 is 17.3 Å². The molecule has 3 aliphatic rings. The quantitative estimate of drug-likeness (QED) is 0.736. The third kappa shape index (κ3) is 5.91. The first-order valence-corrected chi connectivity index (χ1v) is 10.8. The SMILES string of the molecule is Cc1nc(COC[C@]23COC[C@H]2CN(C2CCOCC2)C3)cs1.O=C(O)C(F)(F)F. The van der Waals surface area contributed by atoms with Crippen LogP contribution in [0.1, 0.15) is 23.5 Å². The van der Waals surface area contributed by atoms with Crippen LogP contribution in [0.25, 0.3) is 0 Å². The molecule has 0 radical (unpaired) electrons. The smallest absolute Gasteiger partial charge is 0.475 e. The van der Waals surface area contributed by atoms with E-state index in [4.69, 9.17) is 24.1 Å². The van der Waals surface area contributed by atoms with E-state index in [9.17, 15) is 13.2 Å². The zero-order valence-corrected chi connectivity index (χ0v) is 17.6. The second-order valence-electron chi connectivity index (χ2n) is 8.00. The molecule has 3 aliphatic heterocycles. The lowest BCUT2D eigenvalue weighted by Crippen LogP contribution is -2.41. The highest BCUT2D eigenvalue weighted by atomic mass is 32.1. The molecule has 4 heterocycles. The molecule has 30 heavy (non-hydrogen) atoms. The molecule has 0 spiro atoms. The summed E-state index contributed by atoms with van der Waals surface area (Å²) in [6.07, 6.45) is -2.74. The Bertz CT molecular complexity index is 711. The minimum absolute atomic E-state index is 0.184. The highest BCUT2D eigenvalue weighted by Gasteiger charge is 2.52. The van der Waals surface area contributed by atoms with E-state index in [1.807, 2.05) is 6.92 Å². The summed E-state index contributed by atoms with van der Waals surface area (Å²) in [7, 11) is 0. The first kappa shape index (κ1) is 23.4. The number of nitrogens with zero attached hydrogens (tertiary/aromatic N) is 2. The van der Waals surface area contributed by atoms with E-state index in [1.165, 1.54) is 12.8 Å². The number of alkyl halides is 3. The lowest BCUT2D eigenvalue weighted by Gasteiger charge is -2.33. The minimum atomic E-state index is -5.08. The molecule has 3 fully saturated rings. The monoisotopic (exact) mass is 452 g/mol. The van der Waals surface area contributed by atoms with Gasteiger partial charge in [0, 0.05) is 49.1 Å². The predicted molar refractivity (Wildman–Crippen MR) is 102 cm³/mol. The van der Waals surface area contributed by atoms with Crippen LogP contribution in [0.4, 0.5) is 13.2 Å². The van der Waals surface area contributed by atoms with Crippen molar-refractivity contribution in [1.29, 1.82) is 0 Å². The summed E-state index contributed by atoms with van der Waals surface area (Å²) in [5.74, 6) is -2.14.